The maximum atomic E-state index is 12.8. The number of halogens is 3. The van der Waals surface area contributed by atoms with Crippen molar-refractivity contribution >= 4 is 49.2 Å². The summed E-state index contributed by atoms with van der Waals surface area (Å²) in [6.07, 6.45) is 0. The lowest BCUT2D eigenvalue weighted by atomic mass is 10.1. The molecule has 3 aromatic rings. The third-order valence-corrected chi connectivity index (χ3v) is 6.89. The minimum atomic E-state index is -4.25. The highest BCUT2D eigenvalue weighted by Crippen LogP contribution is 2.29. The van der Waals surface area contributed by atoms with Gasteiger partial charge in [-0.05, 0) is 65.7 Å². The molecule has 0 fully saturated rings. The first-order chi connectivity index (χ1) is 13.1. The molecule has 0 N–H and O–H groups in total. The fourth-order valence-corrected chi connectivity index (χ4v) is 3.94. The monoisotopic (exact) mass is 501 g/mol. The molecule has 0 aliphatic heterocycles. The van der Waals surface area contributed by atoms with Gasteiger partial charge in [-0.15, -0.1) is 4.73 Å². The van der Waals surface area contributed by atoms with Crippen LogP contribution in [0.15, 0.2) is 62.7 Å². The lowest BCUT2D eigenvalue weighted by molar-refractivity contribution is 0.271. The highest BCUT2D eigenvalue weighted by Gasteiger charge is 2.22. The fraction of sp³-hybridized carbons (Fsp3) is 0.105. The third kappa shape index (κ3) is 4.12. The number of pyridine rings is 1. The molecule has 0 spiro atoms. The molecule has 2 aromatic carbocycles. The Hall–Kier alpha value is -1.80. The Balaban J connectivity index is 2.19. The van der Waals surface area contributed by atoms with Crippen molar-refractivity contribution in [1.82, 2.24) is 4.73 Å². The molecular formula is C19H14BrCl2NO4S. The molecular weight excluding hydrogens is 489 g/mol. The van der Waals surface area contributed by atoms with E-state index in [0.717, 1.165) is 10.3 Å². The zero-order valence-electron chi connectivity index (χ0n) is 14.7. The second-order valence-electron chi connectivity index (χ2n) is 6.10. The molecule has 28 heavy (non-hydrogen) atoms. The average Bonchev–Trinajstić information content (AvgIpc) is 2.64. The van der Waals surface area contributed by atoms with Crippen molar-refractivity contribution in [2.24, 2.45) is 0 Å². The first kappa shape index (κ1) is 20.9. The van der Waals surface area contributed by atoms with Crippen molar-refractivity contribution in [3.8, 4) is 11.3 Å². The summed E-state index contributed by atoms with van der Waals surface area (Å²) in [7, 11) is -4.25. The summed E-state index contributed by atoms with van der Waals surface area (Å²) in [5.74, 6) is 0. The molecule has 3 rings (SSSR count). The first-order valence-corrected chi connectivity index (χ1v) is 10.9. The van der Waals surface area contributed by atoms with E-state index in [2.05, 4.69) is 15.9 Å². The molecule has 0 atom stereocenters. The quantitative estimate of drug-likeness (QED) is 0.502. The van der Waals surface area contributed by atoms with Crippen molar-refractivity contribution in [2.75, 3.05) is 0 Å². The molecule has 0 aliphatic rings. The van der Waals surface area contributed by atoms with Crippen LogP contribution in [0.5, 0.6) is 0 Å². The van der Waals surface area contributed by atoms with Crippen LogP contribution in [-0.4, -0.2) is 13.1 Å². The summed E-state index contributed by atoms with van der Waals surface area (Å²) in [6.45, 7) is 3.55. The zero-order valence-corrected chi connectivity index (χ0v) is 18.7. The van der Waals surface area contributed by atoms with Gasteiger partial charge in [-0.3, -0.25) is 9.08 Å². The Bertz CT molecular complexity index is 1220. The standard InChI is InChI=1S/C19H14BrCl2NO4S/c1-11-3-6-14(7-4-11)28(25,26)27-23-17(9-12(2)18(20)19(23)24)13-5-8-15(21)16(22)10-13/h3-10H,1-2H3. The largest absolute Gasteiger partial charge is 0.357 e. The molecule has 0 saturated heterocycles. The van der Waals surface area contributed by atoms with Gasteiger partial charge in [0.2, 0.25) is 0 Å². The summed E-state index contributed by atoms with van der Waals surface area (Å²) in [5.41, 5.74) is 1.54. The number of aromatic nitrogens is 1. The van der Waals surface area contributed by atoms with E-state index in [0.29, 0.717) is 16.1 Å². The molecule has 0 radical (unpaired) electrons. The van der Waals surface area contributed by atoms with E-state index < -0.39 is 15.7 Å². The van der Waals surface area contributed by atoms with Gasteiger partial charge in [0.05, 0.1) is 20.2 Å². The van der Waals surface area contributed by atoms with Gasteiger partial charge in [0.25, 0.3) is 5.56 Å². The van der Waals surface area contributed by atoms with Crippen LogP contribution in [0, 0.1) is 13.8 Å². The number of benzene rings is 2. The molecule has 1 heterocycles. The van der Waals surface area contributed by atoms with Gasteiger partial charge in [-0.25, -0.2) is 0 Å². The van der Waals surface area contributed by atoms with E-state index in [1.807, 2.05) is 6.92 Å². The molecule has 9 heteroatoms. The maximum absolute atomic E-state index is 12.8. The summed E-state index contributed by atoms with van der Waals surface area (Å²) in [6, 6.07) is 12.4. The summed E-state index contributed by atoms with van der Waals surface area (Å²) in [4.78, 5) is 12.7. The molecule has 0 bridgehead atoms. The van der Waals surface area contributed by atoms with Gasteiger partial charge in [-0.2, -0.15) is 8.42 Å². The van der Waals surface area contributed by atoms with Gasteiger partial charge in [0.1, 0.15) is 4.90 Å². The van der Waals surface area contributed by atoms with Gasteiger partial charge in [0.15, 0.2) is 0 Å². The van der Waals surface area contributed by atoms with Crippen LogP contribution in [0.1, 0.15) is 11.1 Å². The highest BCUT2D eigenvalue weighted by atomic mass is 79.9. The Labute approximate surface area is 180 Å². The molecule has 5 nitrogen and oxygen atoms in total. The number of aryl methyl sites for hydroxylation is 2. The van der Waals surface area contributed by atoms with Crippen LogP contribution in [0.3, 0.4) is 0 Å². The van der Waals surface area contributed by atoms with Gasteiger partial charge < -0.3 is 0 Å². The van der Waals surface area contributed by atoms with Crippen molar-refractivity contribution in [1.29, 1.82) is 0 Å². The number of nitrogens with zero attached hydrogens (tertiary/aromatic N) is 1. The van der Waals surface area contributed by atoms with Crippen molar-refractivity contribution in [2.45, 2.75) is 18.7 Å². The average molecular weight is 503 g/mol. The van der Waals surface area contributed by atoms with E-state index in [1.165, 1.54) is 18.2 Å². The predicted molar refractivity (Wildman–Crippen MR) is 114 cm³/mol. The van der Waals surface area contributed by atoms with E-state index in [4.69, 9.17) is 27.5 Å². The molecule has 0 aliphatic carbocycles. The highest BCUT2D eigenvalue weighted by molar-refractivity contribution is 9.10. The Kier molecular flexibility index (Phi) is 5.91. The van der Waals surface area contributed by atoms with Crippen LogP contribution >= 0.6 is 39.1 Å². The number of rotatable bonds is 4. The van der Waals surface area contributed by atoms with Crippen molar-refractivity contribution < 1.29 is 12.7 Å². The van der Waals surface area contributed by atoms with E-state index in [1.54, 1.807) is 37.3 Å². The van der Waals surface area contributed by atoms with Crippen molar-refractivity contribution in [3.05, 3.63) is 84.5 Å². The Morgan fingerprint density at radius 2 is 1.61 bits per heavy atom. The van der Waals surface area contributed by atoms with E-state index in [9.17, 15) is 13.2 Å². The van der Waals surface area contributed by atoms with Crippen molar-refractivity contribution in [3.63, 3.8) is 0 Å². The minimum Gasteiger partial charge on any atom is -0.280 e. The van der Waals surface area contributed by atoms with Gasteiger partial charge in [-0.1, -0.05) is 47.0 Å². The SMILES string of the molecule is Cc1ccc(S(=O)(=O)On2c(-c3ccc(Cl)c(Cl)c3)cc(C)c(Br)c2=O)cc1. The first-order valence-electron chi connectivity index (χ1n) is 7.99. The van der Waals surface area contributed by atoms with E-state index >= 15 is 0 Å². The minimum absolute atomic E-state index is 0.0678. The topological polar surface area (TPSA) is 65.4 Å². The van der Waals surface area contributed by atoms with Crippen LogP contribution in [0.4, 0.5) is 0 Å². The molecule has 0 amide bonds. The molecule has 1 aromatic heterocycles. The predicted octanol–water partition coefficient (Wildman–Crippen LogP) is 5.02. The van der Waals surface area contributed by atoms with Crippen LogP contribution in [0.25, 0.3) is 11.3 Å². The Morgan fingerprint density at radius 1 is 0.964 bits per heavy atom. The summed E-state index contributed by atoms with van der Waals surface area (Å²) < 4.78 is 31.6. The van der Waals surface area contributed by atoms with E-state index in [-0.39, 0.29) is 20.1 Å². The normalized spacial score (nSPS) is 11.5. The zero-order chi connectivity index (χ0) is 20.6. The van der Waals surface area contributed by atoms with Gasteiger partial charge >= 0.3 is 10.1 Å². The summed E-state index contributed by atoms with van der Waals surface area (Å²) in [5, 5.41) is 0.599. The van der Waals surface area contributed by atoms with Gasteiger partial charge in [0, 0.05) is 5.56 Å². The second kappa shape index (κ2) is 7.91. The molecule has 146 valence electrons. The second-order valence-corrected chi connectivity index (χ2v) is 9.23. The lowest BCUT2D eigenvalue weighted by Gasteiger charge is -2.15. The lowest BCUT2D eigenvalue weighted by Crippen LogP contribution is -2.33. The van der Waals surface area contributed by atoms with Crippen LogP contribution < -0.4 is 9.84 Å². The fourth-order valence-electron chi connectivity index (χ4n) is 2.47. The third-order valence-electron chi connectivity index (χ3n) is 3.99. The molecule has 0 unspecified atom stereocenters. The molecule has 0 saturated carbocycles. The maximum Gasteiger partial charge on any atom is 0.357 e. The smallest absolute Gasteiger partial charge is 0.280 e. The van der Waals surface area contributed by atoms with Crippen LogP contribution in [-0.2, 0) is 10.1 Å². The van der Waals surface area contributed by atoms with Crippen LogP contribution in [0.2, 0.25) is 10.0 Å². The Morgan fingerprint density at radius 3 is 2.21 bits per heavy atom. The number of hydrogen-bond acceptors (Lipinski definition) is 4. The number of hydrogen-bond donors (Lipinski definition) is 0. The summed E-state index contributed by atoms with van der Waals surface area (Å²) >= 11 is 15.2.